The van der Waals surface area contributed by atoms with Gasteiger partial charge < -0.3 is 5.32 Å². The number of aryl methyl sites for hydroxylation is 1. The Labute approximate surface area is 155 Å². The van der Waals surface area contributed by atoms with E-state index in [0.29, 0.717) is 0 Å². The average molecular weight is 405 g/mol. The van der Waals surface area contributed by atoms with Gasteiger partial charge in [-0.3, -0.25) is 4.79 Å². The normalized spacial score (nSPS) is 11.0. The van der Waals surface area contributed by atoms with Crippen LogP contribution >= 0.6 is 34.8 Å². The molecule has 0 saturated heterocycles. The van der Waals surface area contributed by atoms with Gasteiger partial charge in [-0.2, -0.15) is 0 Å². The van der Waals surface area contributed by atoms with E-state index >= 15 is 0 Å². The van der Waals surface area contributed by atoms with Crippen LogP contribution in [-0.2, 0) is 9.84 Å². The van der Waals surface area contributed by atoms with E-state index in [1.165, 1.54) is 24.3 Å². The molecule has 2 aromatic rings. The fourth-order valence-corrected chi connectivity index (χ4v) is 3.95. The Morgan fingerprint density at radius 1 is 1.00 bits per heavy atom. The molecule has 2 rings (SSSR count). The topological polar surface area (TPSA) is 63.2 Å². The third-order valence-electron chi connectivity index (χ3n) is 3.12. The van der Waals surface area contributed by atoms with Gasteiger partial charge in [-0.1, -0.05) is 64.6 Å². The molecule has 0 fully saturated rings. The number of carbonyl (C=O) groups excluding carboxylic acids is 1. The molecule has 4 nitrogen and oxygen atoms in total. The van der Waals surface area contributed by atoms with E-state index in [1.54, 1.807) is 24.3 Å². The molecule has 0 bridgehead atoms. The first-order chi connectivity index (χ1) is 11.2. The van der Waals surface area contributed by atoms with Crippen molar-refractivity contribution in [2.45, 2.75) is 11.8 Å². The number of hydrogen-bond donors (Lipinski definition) is 1. The lowest BCUT2D eigenvalue weighted by Crippen LogP contribution is -2.28. The highest BCUT2D eigenvalue weighted by Gasteiger charge is 2.26. The molecule has 0 aliphatic carbocycles. The number of carbonyl (C=O) groups is 1. The summed E-state index contributed by atoms with van der Waals surface area (Å²) < 4.78 is 24.8. The zero-order chi connectivity index (χ0) is 17.9. The van der Waals surface area contributed by atoms with Crippen LogP contribution < -0.4 is 5.32 Å². The maximum Gasteiger partial charge on any atom is 0.257 e. The van der Waals surface area contributed by atoms with Crippen LogP contribution in [0.25, 0.3) is 0 Å². The van der Waals surface area contributed by atoms with Gasteiger partial charge in [0.2, 0.25) is 9.84 Å². The van der Waals surface area contributed by atoms with Crippen LogP contribution in [-0.4, -0.2) is 14.3 Å². The van der Waals surface area contributed by atoms with E-state index in [0.717, 1.165) is 5.56 Å². The van der Waals surface area contributed by atoms with E-state index in [2.05, 4.69) is 5.32 Å². The minimum Gasteiger partial charge on any atom is -0.310 e. The number of nitrogens with one attached hydrogen (secondary N) is 1. The molecule has 2 aromatic carbocycles. The Hall–Kier alpha value is -1.53. The van der Waals surface area contributed by atoms with Gasteiger partial charge in [0.1, 0.15) is 4.49 Å². The van der Waals surface area contributed by atoms with E-state index in [1.807, 2.05) is 6.92 Å². The molecular formula is C16H12Cl3NO3S. The molecule has 0 saturated carbocycles. The van der Waals surface area contributed by atoms with Crippen LogP contribution in [0.15, 0.2) is 62.9 Å². The maximum atomic E-state index is 12.7. The van der Waals surface area contributed by atoms with Gasteiger partial charge >= 0.3 is 0 Å². The van der Waals surface area contributed by atoms with Gasteiger partial charge in [-0.05, 0) is 31.2 Å². The minimum atomic E-state index is -4.09. The number of rotatable bonds is 4. The van der Waals surface area contributed by atoms with Gasteiger partial charge in [-0.25, -0.2) is 8.42 Å². The van der Waals surface area contributed by atoms with Gasteiger partial charge in [0.25, 0.3) is 5.91 Å². The fraction of sp³-hybridized carbons (Fsp3) is 0.0625. The Bertz CT molecular complexity index is 902. The lowest BCUT2D eigenvalue weighted by atomic mass is 10.2. The van der Waals surface area contributed by atoms with Crippen molar-refractivity contribution >= 4 is 50.5 Å². The molecule has 0 unspecified atom stereocenters. The largest absolute Gasteiger partial charge is 0.310 e. The predicted octanol–water partition coefficient (Wildman–Crippen LogP) is 4.46. The van der Waals surface area contributed by atoms with Crippen LogP contribution in [0.3, 0.4) is 0 Å². The maximum absolute atomic E-state index is 12.7. The van der Waals surface area contributed by atoms with Crippen molar-refractivity contribution in [3.05, 3.63) is 74.2 Å². The number of hydrogen-bond acceptors (Lipinski definition) is 3. The lowest BCUT2D eigenvalue weighted by Gasteiger charge is -2.12. The molecule has 126 valence electrons. The quantitative estimate of drug-likeness (QED) is 0.818. The highest BCUT2D eigenvalue weighted by molar-refractivity contribution is 7.95. The lowest BCUT2D eigenvalue weighted by molar-refractivity contribution is 0.0968. The number of sulfone groups is 1. The van der Waals surface area contributed by atoms with Crippen molar-refractivity contribution in [2.24, 2.45) is 0 Å². The van der Waals surface area contributed by atoms with E-state index in [4.69, 9.17) is 34.8 Å². The summed E-state index contributed by atoms with van der Waals surface area (Å²) in [6.07, 6.45) is 0. The summed E-state index contributed by atoms with van der Waals surface area (Å²) >= 11 is 17.3. The molecule has 24 heavy (non-hydrogen) atoms. The fourth-order valence-electron chi connectivity index (χ4n) is 1.87. The number of amides is 1. The summed E-state index contributed by atoms with van der Waals surface area (Å²) in [6, 6.07) is 12.3. The smallest absolute Gasteiger partial charge is 0.257 e. The van der Waals surface area contributed by atoms with Crippen molar-refractivity contribution in [1.29, 1.82) is 0 Å². The molecule has 0 radical (unpaired) electrons. The second-order valence-corrected chi connectivity index (χ2v) is 8.08. The zero-order valence-electron chi connectivity index (χ0n) is 12.4. The van der Waals surface area contributed by atoms with Crippen molar-refractivity contribution in [3.63, 3.8) is 0 Å². The highest BCUT2D eigenvalue weighted by atomic mass is 35.5. The van der Waals surface area contributed by atoms with Crippen LogP contribution in [0, 0.1) is 6.92 Å². The van der Waals surface area contributed by atoms with Gasteiger partial charge in [0.05, 0.1) is 15.5 Å². The SMILES string of the molecule is Cc1ccc(S(=O)(=O)C(NC(=O)c2ccccc2Cl)=C(Cl)Cl)cc1. The second kappa shape index (κ2) is 7.57. The third-order valence-corrected chi connectivity index (χ3v) is 5.79. The predicted molar refractivity (Wildman–Crippen MR) is 96.0 cm³/mol. The standard InChI is InChI=1S/C16H12Cl3NO3S/c1-10-6-8-11(9-7-10)24(22,23)16(14(18)19)20-15(21)12-4-2-3-5-13(12)17/h2-9H,1H3,(H,20,21). The molecule has 0 heterocycles. The molecule has 0 aliphatic rings. The molecule has 0 aromatic heterocycles. The summed E-state index contributed by atoms with van der Waals surface area (Å²) in [5.41, 5.74) is 0.988. The van der Waals surface area contributed by atoms with Crippen molar-refractivity contribution in [2.75, 3.05) is 0 Å². The number of halogens is 3. The molecule has 0 atom stereocenters. The Morgan fingerprint density at radius 3 is 2.12 bits per heavy atom. The van der Waals surface area contributed by atoms with Gasteiger partial charge in [-0.15, -0.1) is 0 Å². The van der Waals surface area contributed by atoms with Crippen molar-refractivity contribution < 1.29 is 13.2 Å². The second-order valence-electron chi connectivity index (χ2n) is 4.84. The summed E-state index contributed by atoms with van der Waals surface area (Å²) in [7, 11) is -4.09. The Balaban J connectivity index is 2.41. The summed E-state index contributed by atoms with van der Waals surface area (Å²) in [4.78, 5) is 12.3. The molecular weight excluding hydrogens is 393 g/mol. The molecule has 8 heteroatoms. The van der Waals surface area contributed by atoms with E-state index in [-0.39, 0.29) is 15.5 Å². The van der Waals surface area contributed by atoms with Crippen LogP contribution in [0.5, 0.6) is 0 Å². The van der Waals surface area contributed by atoms with E-state index in [9.17, 15) is 13.2 Å². The molecule has 0 aliphatic heterocycles. The summed E-state index contributed by atoms with van der Waals surface area (Å²) in [6.45, 7) is 1.82. The third kappa shape index (κ3) is 4.11. The first-order valence-corrected chi connectivity index (χ1v) is 9.28. The van der Waals surface area contributed by atoms with Crippen LogP contribution in [0.1, 0.15) is 15.9 Å². The van der Waals surface area contributed by atoms with Gasteiger partial charge in [0, 0.05) is 0 Å². The zero-order valence-corrected chi connectivity index (χ0v) is 15.5. The highest BCUT2D eigenvalue weighted by Crippen LogP contribution is 2.25. The van der Waals surface area contributed by atoms with Crippen LogP contribution in [0.2, 0.25) is 5.02 Å². The monoisotopic (exact) mass is 403 g/mol. The average Bonchev–Trinajstić information content (AvgIpc) is 2.52. The van der Waals surface area contributed by atoms with Crippen molar-refractivity contribution in [1.82, 2.24) is 5.32 Å². The Morgan fingerprint density at radius 2 is 1.58 bits per heavy atom. The molecule has 1 N–H and O–H groups in total. The minimum absolute atomic E-state index is 0.0404. The van der Waals surface area contributed by atoms with E-state index < -0.39 is 25.3 Å². The molecule has 0 spiro atoms. The summed E-state index contributed by atoms with van der Waals surface area (Å²) in [5, 5.41) is 1.81. The Kier molecular flexibility index (Phi) is 5.93. The van der Waals surface area contributed by atoms with Crippen LogP contribution in [0.4, 0.5) is 0 Å². The number of benzene rings is 2. The summed E-state index contributed by atoms with van der Waals surface area (Å²) in [5.74, 6) is -0.731. The first kappa shape index (κ1) is 18.8. The van der Waals surface area contributed by atoms with Gasteiger partial charge in [0.15, 0.2) is 5.03 Å². The molecule has 1 amide bonds. The van der Waals surface area contributed by atoms with Crippen molar-refractivity contribution in [3.8, 4) is 0 Å². The first-order valence-electron chi connectivity index (χ1n) is 6.66.